The summed E-state index contributed by atoms with van der Waals surface area (Å²) < 4.78 is 11.0. The van der Waals surface area contributed by atoms with E-state index in [0.717, 1.165) is 81.4 Å². The number of anilines is 2. The second kappa shape index (κ2) is 11.5. The molecule has 2 aromatic carbocycles. The molecule has 0 bridgehead atoms. The molecule has 0 spiro atoms. The molecule has 2 saturated heterocycles. The van der Waals surface area contributed by atoms with Crippen LogP contribution >= 0.6 is 23.5 Å². The van der Waals surface area contributed by atoms with Crippen molar-refractivity contribution >= 4 is 40.8 Å². The lowest BCUT2D eigenvalue weighted by Gasteiger charge is -2.29. The van der Waals surface area contributed by atoms with Crippen LogP contribution in [0.3, 0.4) is 0 Å². The average Bonchev–Trinajstić information content (AvgIpc) is 3.20. The summed E-state index contributed by atoms with van der Waals surface area (Å²) in [7, 11) is 0. The van der Waals surface area contributed by atoms with Crippen molar-refractivity contribution in [2.45, 2.75) is 26.0 Å². The van der Waals surface area contributed by atoms with Crippen LogP contribution < -0.4 is 15.8 Å². The van der Waals surface area contributed by atoms with Crippen LogP contribution in [0.15, 0.2) is 72.9 Å². The van der Waals surface area contributed by atoms with Gasteiger partial charge in [0, 0.05) is 75.4 Å². The van der Waals surface area contributed by atoms with Gasteiger partial charge < -0.3 is 24.7 Å². The fourth-order valence-electron chi connectivity index (χ4n) is 4.93. The number of aromatic amines is 1. The normalized spacial score (nSPS) is 17.8. The van der Waals surface area contributed by atoms with Gasteiger partial charge in [0.25, 0.3) is 0 Å². The lowest BCUT2D eigenvalue weighted by atomic mass is 10.1. The van der Waals surface area contributed by atoms with Crippen LogP contribution in [0.1, 0.15) is 6.42 Å². The van der Waals surface area contributed by atoms with Crippen LogP contribution in [0.5, 0.6) is 0 Å². The lowest BCUT2D eigenvalue weighted by Crippen LogP contribution is -2.36. The number of carbonyl (C=O) groups excluding carboxylic acids is 1. The number of hydrogen-bond donors (Lipinski definition) is 2. The molecule has 2 N–H and O–H groups in total. The fourth-order valence-corrected chi connectivity index (χ4v) is 7.34. The molecule has 0 radical (unpaired) electrons. The second-order valence-corrected chi connectivity index (χ2v) is 11.6. The Bertz CT molecular complexity index is 1380. The van der Waals surface area contributed by atoms with Gasteiger partial charge >= 0.3 is 0 Å². The summed E-state index contributed by atoms with van der Waals surface area (Å²) in [5, 5.41) is 3.07. The Morgan fingerprint density at radius 2 is 1.74 bits per heavy atom. The molecule has 3 aliphatic rings. The molecule has 0 unspecified atom stereocenters. The smallest absolute Gasteiger partial charge is 0.250 e. The number of rotatable bonds is 5. The first-order valence-corrected chi connectivity index (χ1v) is 14.6. The zero-order valence-corrected chi connectivity index (χ0v) is 22.7. The van der Waals surface area contributed by atoms with E-state index in [-0.39, 0.29) is 11.5 Å². The molecule has 8 nitrogen and oxygen atoms in total. The van der Waals surface area contributed by atoms with Crippen LogP contribution in [0.2, 0.25) is 0 Å². The Balaban J connectivity index is 1.21. The van der Waals surface area contributed by atoms with Gasteiger partial charge in [-0.3, -0.25) is 14.5 Å². The van der Waals surface area contributed by atoms with Gasteiger partial charge in [-0.1, -0.05) is 35.7 Å². The minimum Gasteiger partial charge on any atom is -0.380 e. The third kappa shape index (κ3) is 5.79. The highest BCUT2D eigenvalue weighted by molar-refractivity contribution is 8.05. The molecule has 0 saturated carbocycles. The van der Waals surface area contributed by atoms with Crippen LogP contribution in [0.25, 0.3) is 11.3 Å². The van der Waals surface area contributed by atoms with Crippen LogP contribution in [0, 0.1) is 0 Å². The largest absolute Gasteiger partial charge is 0.380 e. The number of pyridine rings is 1. The number of H-pyrrole nitrogens is 1. The number of benzene rings is 2. The summed E-state index contributed by atoms with van der Waals surface area (Å²) in [6, 6.07) is 16.0. The average molecular weight is 551 g/mol. The van der Waals surface area contributed by atoms with E-state index >= 15 is 0 Å². The van der Waals surface area contributed by atoms with Crippen molar-refractivity contribution in [3.05, 3.63) is 58.9 Å². The summed E-state index contributed by atoms with van der Waals surface area (Å²) >= 11 is 3.39. The van der Waals surface area contributed by atoms with E-state index in [9.17, 15) is 9.59 Å². The molecule has 38 heavy (non-hydrogen) atoms. The molecular formula is C28H30N4O4S2. The molecule has 1 aromatic heterocycles. The summed E-state index contributed by atoms with van der Waals surface area (Å²) in [5.41, 5.74) is 3.44. The molecule has 3 aliphatic heterocycles. The van der Waals surface area contributed by atoms with E-state index in [1.54, 1.807) is 29.6 Å². The first kappa shape index (κ1) is 25.5. The number of nitrogens with one attached hydrogen (secondary N) is 2. The van der Waals surface area contributed by atoms with Crippen molar-refractivity contribution in [3.8, 4) is 11.3 Å². The van der Waals surface area contributed by atoms with Crippen molar-refractivity contribution in [2.24, 2.45) is 0 Å². The topological polar surface area (TPSA) is 86.9 Å². The third-order valence-corrected chi connectivity index (χ3v) is 9.41. The number of hydrogen-bond acceptors (Lipinski definition) is 8. The number of ether oxygens (including phenoxy) is 2. The highest BCUT2D eigenvalue weighted by atomic mass is 32.2. The maximum Gasteiger partial charge on any atom is 0.250 e. The minimum atomic E-state index is -0.108. The predicted octanol–water partition coefficient (Wildman–Crippen LogP) is 4.16. The quantitative estimate of drug-likeness (QED) is 0.383. The van der Waals surface area contributed by atoms with Gasteiger partial charge in [0.05, 0.1) is 32.1 Å². The first-order chi connectivity index (χ1) is 18.6. The molecule has 2 fully saturated rings. The summed E-state index contributed by atoms with van der Waals surface area (Å²) in [5.74, 6) is -0.00731. The van der Waals surface area contributed by atoms with Gasteiger partial charge in [0.1, 0.15) is 0 Å². The first-order valence-electron chi connectivity index (χ1n) is 12.9. The maximum absolute atomic E-state index is 12.7. The Morgan fingerprint density at radius 1 is 0.895 bits per heavy atom. The highest BCUT2D eigenvalue weighted by Crippen LogP contribution is 2.52. The molecule has 6 rings (SSSR count). The number of fused-ring (bicyclic) bond motifs is 2. The van der Waals surface area contributed by atoms with E-state index in [0.29, 0.717) is 26.4 Å². The van der Waals surface area contributed by atoms with Crippen LogP contribution in [-0.4, -0.2) is 74.9 Å². The van der Waals surface area contributed by atoms with Gasteiger partial charge in [-0.25, -0.2) is 0 Å². The summed E-state index contributed by atoms with van der Waals surface area (Å²) in [4.78, 5) is 37.2. The molecular weight excluding hydrogens is 520 g/mol. The number of nitrogens with zero attached hydrogens (tertiary/aromatic N) is 2. The second-order valence-electron chi connectivity index (χ2n) is 9.50. The maximum atomic E-state index is 12.7. The van der Waals surface area contributed by atoms with E-state index in [1.807, 2.05) is 18.2 Å². The molecule has 198 valence electrons. The molecule has 3 aromatic rings. The monoisotopic (exact) mass is 550 g/mol. The van der Waals surface area contributed by atoms with Crippen molar-refractivity contribution < 1.29 is 14.3 Å². The van der Waals surface area contributed by atoms with E-state index in [2.05, 4.69) is 44.4 Å². The number of aromatic nitrogens is 1. The Kier molecular flexibility index (Phi) is 7.75. The Labute approximate surface area is 230 Å². The minimum absolute atomic E-state index is 0.00731. The van der Waals surface area contributed by atoms with Crippen molar-refractivity contribution in [1.82, 2.24) is 9.88 Å². The SMILES string of the molecule is O=C(CN1CCCOCC1)Nc1ccc2c(c1)Sc1cccc(-c3cc(N4CCOCC4)cc(=O)[nH]3)c1S2. The van der Waals surface area contributed by atoms with E-state index in [4.69, 9.17) is 9.47 Å². The Morgan fingerprint density at radius 3 is 2.63 bits per heavy atom. The van der Waals surface area contributed by atoms with Gasteiger partial charge in [0.2, 0.25) is 11.5 Å². The molecule has 0 aliphatic carbocycles. The van der Waals surface area contributed by atoms with Crippen LogP contribution in [-0.2, 0) is 14.3 Å². The molecule has 0 atom stereocenters. The zero-order chi connectivity index (χ0) is 25.9. The molecule has 4 heterocycles. The molecule has 10 heteroatoms. The van der Waals surface area contributed by atoms with Gasteiger partial charge in [-0.2, -0.15) is 0 Å². The van der Waals surface area contributed by atoms with Crippen molar-refractivity contribution in [2.75, 3.05) is 69.4 Å². The molecule has 1 amide bonds. The zero-order valence-electron chi connectivity index (χ0n) is 21.0. The Hall–Kier alpha value is -2.76. The summed E-state index contributed by atoms with van der Waals surface area (Å²) in [6.07, 6.45) is 0.951. The van der Waals surface area contributed by atoms with E-state index < -0.39 is 0 Å². The number of amides is 1. The predicted molar refractivity (Wildman–Crippen MR) is 151 cm³/mol. The van der Waals surface area contributed by atoms with E-state index in [1.165, 1.54) is 0 Å². The van der Waals surface area contributed by atoms with Crippen LogP contribution in [0.4, 0.5) is 11.4 Å². The number of morpholine rings is 1. The van der Waals surface area contributed by atoms with Gasteiger partial charge in [-0.15, -0.1) is 0 Å². The highest BCUT2D eigenvalue weighted by Gasteiger charge is 2.23. The summed E-state index contributed by atoms with van der Waals surface area (Å²) in [6.45, 7) is 6.36. The fraction of sp³-hybridized carbons (Fsp3) is 0.357. The van der Waals surface area contributed by atoms with Gasteiger partial charge in [-0.05, 0) is 36.8 Å². The van der Waals surface area contributed by atoms with Gasteiger partial charge in [0.15, 0.2) is 0 Å². The lowest BCUT2D eigenvalue weighted by molar-refractivity contribution is -0.117. The standard InChI is InChI=1S/C28H30N4O4S2/c33-26-17-20(32-9-13-36-14-10-32)16-22(30-26)21-3-1-4-24-28(21)38-23-6-5-19(15-25(23)37-24)29-27(34)18-31-7-2-11-35-12-8-31/h1,3-6,15-17H,2,7-14,18H2,(H,29,34)(H,30,33). The third-order valence-electron chi connectivity index (χ3n) is 6.82. The van der Waals surface area contributed by atoms with Crippen molar-refractivity contribution in [3.63, 3.8) is 0 Å². The number of carbonyl (C=O) groups is 1. The van der Waals surface area contributed by atoms with Crippen molar-refractivity contribution in [1.29, 1.82) is 0 Å².